The standard InChI is InChI=1S/C5H9NOS/c7-6-5-3-1-2-4-8-5/h5H,1-4H2. The van der Waals surface area contributed by atoms with Gasteiger partial charge in [0.15, 0.2) is 0 Å². The van der Waals surface area contributed by atoms with Crippen LogP contribution in [0.2, 0.25) is 0 Å². The van der Waals surface area contributed by atoms with E-state index in [0.29, 0.717) is 0 Å². The van der Waals surface area contributed by atoms with Gasteiger partial charge in [0.1, 0.15) is 5.37 Å². The van der Waals surface area contributed by atoms with E-state index in [9.17, 15) is 4.91 Å². The summed E-state index contributed by atoms with van der Waals surface area (Å²) in [5, 5.41) is 3.03. The largest absolute Gasteiger partial charge is 0.150 e. The fourth-order valence-electron chi connectivity index (χ4n) is 0.807. The zero-order chi connectivity index (χ0) is 5.82. The Kier molecular flexibility index (Phi) is 2.33. The molecule has 1 unspecified atom stereocenters. The van der Waals surface area contributed by atoms with Crippen molar-refractivity contribution in [3.63, 3.8) is 0 Å². The lowest BCUT2D eigenvalue weighted by Gasteiger charge is -2.12. The third kappa shape index (κ3) is 1.47. The van der Waals surface area contributed by atoms with Gasteiger partial charge in [-0.2, -0.15) is 0 Å². The first-order valence-corrected chi connectivity index (χ1v) is 3.92. The molecule has 0 saturated carbocycles. The summed E-state index contributed by atoms with van der Waals surface area (Å²) >= 11 is 1.68. The Balaban J connectivity index is 2.22. The molecule has 1 fully saturated rings. The summed E-state index contributed by atoms with van der Waals surface area (Å²) < 4.78 is 0. The molecule has 46 valence electrons. The van der Waals surface area contributed by atoms with Gasteiger partial charge in [0.25, 0.3) is 0 Å². The van der Waals surface area contributed by atoms with E-state index in [4.69, 9.17) is 0 Å². The number of rotatable bonds is 1. The SMILES string of the molecule is O=NC1CCCCS1. The Morgan fingerprint density at radius 2 is 2.38 bits per heavy atom. The first kappa shape index (κ1) is 6.08. The molecule has 0 bridgehead atoms. The van der Waals surface area contributed by atoms with Crippen molar-refractivity contribution in [1.29, 1.82) is 0 Å². The van der Waals surface area contributed by atoms with Crippen molar-refractivity contribution in [2.24, 2.45) is 5.18 Å². The van der Waals surface area contributed by atoms with Gasteiger partial charge in [-0.05, 0) is 25.0 Å². The van der Waals surface area contributed by atoms with Crippen LogP contribution in [-0.2, 0) is 0 Å². The van der Waals surface area contributed by atoms with E-state index in [1.807, 2.05) is 0 Å². The Hall–Kier alpha value is -0.0500. The van der Waals surface area contributed by atoms with Crippen LogP contribution in [0, 0.1) is 4.91 Å². The lowest BCUT2D eigenvalue weighted by molar-refractivity contribution is 0.677. The molecule has 1 heterocycles. The summed E-state index contributed by atoms with van der Waals surface area (Å²) in [4.78, 5) is 9.89. The van der Waals surface area contributed by atoms with Crippen molar-refractivity contribution in [3.8, 4) is 0 Å². The summed E-state index contributed by atoms with van der Waals surface area (Å²) in [6.45, 7) is 0. The number of nitroso groups, excluding NO2 is 1. The zero-order valence-corrected chi connectivity index (χ0v) is 5.49. The molecule has 2 nitrogen and oxygen atoms in total. The first-order chi connectivity index (χ1) is 3.93. The highest BCUT2D eigenvalue weighted by Crippen LogP contribution is 2.25. The first-order valence-electron chi connectivity index (χ1n) is 2.87. The molecule has 0 aromatic rings. The van der Waals surface area contributed by atoms with Crippen molar-refractivity contribution < 1.29 is 0 Å². The van der Waals surface area contributed by atoms with Crippen molar-refractivity contribution in [1.82, 2.24) is 0 Å². The molecule has 1 rings (SSSR count). The Bertz CT molecular complexity index is 80.5. The number of thioether (sulfide) groups is 1. The Morgan fingerprint density at radius 1 is 1.50 bits per heavy atom. The van der Waals surface area contributed by atoms with E-state index in [1.165, 1.54) is 12.8 Å². The normalized spacial score (nSPS) is 29.8. The number of hydrogen-bond donors (Lipinski definition) is 0. The summed E-state index contributed by atoms with van der Waals surface area (Å²) in [6.07, 6.45) is 3.44. The zero-order valence-electron chi connectivity index (χ0n) is 4.67. The summed E-state index contributed by atoms with van der Waals surface area (Å²) in [7, 11) is 0. The lowest BCUT2D eigenvalue weighted by atomic mass is 10.2. The second-order valence-corrected chi connectivity index (χ2v) is 3.21. The highest BCUT2D eigenvalue weighted by Gasteiger charge is 2.12. The molecule has 1 aliphatic rings. The predicted molar refractivity (Wildman–Crippen MR) is 35.9 cm³/mol. The van der Waals surface area contributed by atoms with Crippen LogP contribution >= 0.6 is 11.8 Å². The van der Waals surface area contributed by atoms with Gasteiger partial charge in [0.05, 0.1) is 0 Å². The highest BCUT2D eigenvalue weighted by molar-refractivity contribution is 7.99. The Labute approximate surface area is 53.0 Å². The van der Waals surface area contributed by atoms with Crippen molar-refractivity contribution in [3.05, 3.63) is 4.91 Å². The van der Waals surface area contributed by atoms with Gasteiger partial charge >= 0.3 is 0 Å². The molecule has 0 aliphatic carbocycles. The molecule has 0 N–H and O–H groups in total. The van der Waals surface area contributed by atoms with Crippen LogP contribution in [0.1, 0.15) is 19.3 Å². The van der Waals surface area contributed by atoms with E-state index in [0.717, 1.165) is 12.2 Å². The maximum atomic E-state index is 9.89. The predicted octanol–water partition coefficient (Wildman–Crippen LogP) is 2.00. The summed E-state index contributed by atoms with van der Waals surface area (Å²) in [6, 6.07) is 0. The summed E-state index contributed by atoms with van der Waals surface area (Å²) in [5.74, 6) is 1.12. The van der Waals surface area contributed by atoms with E-state index >= 15 is 0 Å². The van der Waals surface area contributed by atoms with Gasteiger partial charge in [-0.15, -0.1) is 16.7 Å². The third-order valence-corrected chi connectivity index (χ3v) is 2.50. The molecule has 8 heavy (non-hydrogen) atoms. The number of nitrogens with zero attached hydrogens (tertiary/aromatic N) is 1. The van der Waals surface area contributed by atoms with Crippen LogP contribution in [0.15, 0.2) is 5.18 Å². The minimum Gasteiger partial charge on any atom is -0.150 e. The molecular weight excluding hydrogens is 122 g/mol. The van der Waals surface area contributed by atoms with Crippen LogP contribution in [0.5, 0.6) is 0 Å². The smallest absolute Gasteiger partial charge is 0.137 e. The Morgan fingerprint density at radius 3 is 2.75 bits per heavy atom. The van der Waals surface area contributed by atoms with Gasteiger partial charge in [-0.25, -0.2) is 0 Å². The van der Waals surface area contributed by atoms with Crippen LogP contribution < -0.4 is 0 Å². The van der Waals surface area contributed by atoms with Crippen molar-refractivity contribution in [2.45, 2.75) is 24.6 Å². The quantitative estimate of drug-likeness (QED) is 0.509. The second kappa shape index (κ2) is 3.07. The van der Waals surface area contributed by atoms with Gasteiger partial charge in [0, 0.05) is 0 Å². The molecule has 0 aromatic heterocycles. The van der Waals surface area contributed by atoms with Crippen LogP contribution in [0.3, 0.4) is 0 Å². The molecule has 1 saturated heterocycles. The molecule has 1 atom stereocenters. The third-order valence-electron chi connectivity index (χ3n) is 1.27. The lowest BCUT2D eigenvalue weighted by Crippen LogP contribution is -2.04. The molecule has 0 spiro atoms. The van der Waals surface area contributed by atoms with E-state index in [-0.39, 0.29) is 5.37 Å². The minimum absolute atomic E-state index is 0.0729. The highest BCUT2D eigenvalue weighted by atomic mass is 32.2. The average molecular weight is 131 g/mol. The number of hydrogen-bond acceptors (Lipinski definition) is 3. The molecule has 0 amide bonds. The second-order valence-electron chi connectivity index (χ2n) is 1.93. The fraction of sp³-hybridized carbons (Fsp3) is 1.00. The van der Waals surface area contributed by atoms with Crippen LogP contribution in [0.25, 0.3) is 0 Å². The molecular formula is C5H9NOS. The maximum Gasteiger partial charge on any atom is 0.137 e. The van der Waals surface area contributed by atoms with E-state index in [2.05, 4.69) is 5.18 Å². The van der Waals surface area contributed by atoms with Crippen LogP contribution in [-0.4, -0.2) is 11.1 Å². The van der Waals surface area contributed by atoms with Gasteiger partial charge in [0.2, 0.25) is 0 Å². The van der Waals surface area contributed by atoms with Crippen LogP contribution in [0.4, 0.5) is 0 Å². The van der Waals surface area contributed by atoms with Gasteiger partial charge in [-0.3, -0.25) is 0 Å². The average Bonchev–Trinajstić information content (AvgIpc) is 1.90. The van der Waals surface area contributed by atoms with E-state index < -0.39 is 0 Å². The van der Waals surface area contributed by atoms with Crippen molar-refractivity contribution >= 4 is 11.8 Å². The molecule has 3 heteroatoms. The molecule has 0 aromatic carbocycles. The minimum atomic E-state index is 0.0729. The molecule has 0 radical (unpaired) electrons. The van der Waals surface area contributed by atoms with Gasteiger partial charge in [-0.1, -0.05) is 5.18 Å². The maximum absolute atomic E-state index is 9.89. The van der Waals surface area contributed by atoms with Gasteiger partial charge < -0.3 is 0 Å². The van der Waals surface area contributed by atoms with Crippen molar-refractivity contribution in [2.75, 3.05) is 5.75 Å². The molecule has 1 aliphatic heterocycles. The fourth-order valence-corrected chi connectivity index (χ4v) is 1.84. The van der Waals surface area contributed by atoms with E-state index in [1.54, 1.807) is 11.8 Å². The summed E-state index contributed by atoms with van der Waals surface area (Å²) in [5.41, 5.74) is 0. The topological polar surface area (TPSA) is 29.4 Å². The monoisotopic (exact) mass is 131 g/mol.